The number of carbonyl (C=O) groups excluding carboxylic acids is 1. The van der Waals surface area contributed by atoms with E-state index in [1.807, 2.05) is 11.3 Å². The van der Waals surface area contributed by atoms with Crippen molar-refractivity contribution in [1.82, 2.24) is 19.6 Å². The fourth-order valence-electron chi connectivity index (χ4n) is 4.30. The number of aromatic nitrogens is 4. The molecule has 1 aromatic carbocycles. The molecule has 9 heteroatoms. The molecule has 0 unspecified atom stereocenters. The first kappa shape index (κ1) is 21.2. The van der Waals surface area contributed by atoms with Crippen molar-refractivity contribution >= 4 is 44.7 Å². The molecule has 1 aliphatic rings. The number of fused-ring (bicyclic) bond motifs is 5. The highest BCUT2D eigenvalue weighted by Gasteiger charge is 2.25. The molecule has 0 fully saturated rings. The van der Waals surface area contributed by atoms with Gasteiger partial charge in [-0.25, -0.2) is 4.98 Å². The van der Waals surface area contributed by atoms with E-state index in [2.05, 4.69) is 17.1 Å². The lowest BCUT2D eigenvalue weighted by Gasteiger charge is -2.17. The molecule has 3 aromatic heterocycles. The molecule has 1 aliphatic carbocycles. The first-order chi connectivity index (χ1) is 15.5. The smallest absolute Gasteiger partial charge is 0.197 e. The SMILES string of the molecule is COc1ccc(OC)c(C(=O)CSc2nnc3c4c5c(sc4nc(C)n23)C[C@@H](C)CC5)c1. The highest BCUT2D eigenvalue weighted by atomic mass is 32.2. The number of rotatable bonds is 6. The van der Waals surface area contributed by atoms with Crippen molar-refractivity contribution < 1.29 is 14.3 Å². The molecule has 0 aliphatic heterocycles. The van der Waals surface area contributed by atoms with Crippen molar-refractivity contribution in [3.63, 3.8) is 0 Å². The molecule has 0 saturated heterocycles. The Kier molecular flexibility index (Phi) is 5.54. The monoisotopic (exact) mass is 468 g/mol. The molecule has 5 rings (SSSR count). The Morgan fingerprint density at radius 3 is 2.91 bits per heavy atom. The molecule has 0 bridgehead atoms. The van der Waals surface area contributed by atoms with Gasteiger partial charge in [0.25, 0.3) is 0 Å². The van der Waals surface area contributed by atoms with Crippen LogP contribution in [0.5, 0.6) is 11.5 Å². The molecular formula is C23H24N4O3S2. The minimum atomic E-state index is -0.0592. The van der Waals surface area contributed by atoms with Crippen LogP contribution >= 0.6 is 23.1 Å². The second-order valence-corrected chi connectivity index (χ2v) is 10.1. The number of aryl methyl sites for hydroxylation is 2. The van der Waals surface area contributed by atoms with Crippen molar-refractivity contribution in [3.8, 4) is 11.5 Å². The quantitative estimate of drug-likeness (QED) is 0.298. The van der Waals surface area contributed by atoms with E-state index >= 15 is 0 Å². The van der Waals surface area contributed by atoms with Gasteiger partial charge in [-0.2, -0.15) is 0 Å². The Morgan fingerprint density at radius 2 is 2.12 bits per heavy atom. The molecule has 0 N–H and O–H groups in total. The van der Waals surface area contributed by atoms with E-state index in [1.165, 1.54) is 28.6 Å². The molecule has 0 spiro atoms. The van der Waals surface area contributed by atoms with E-state index in [0.717, 1.165) is 34.5 Å². The maximum atomic E-state index is 13.0. The number of thioether (sulfide) groups is 1. The van der Waals surface area contributed by atoms with Gasteiger partial charge in [0, 0.05) is 4.88 Å². The van der Waals surface area contributed by atoms with Gasteiger partial charge in [0.2, 0.25) is 0 Å². The van der Waals surface area contributed by atoms with Crippen LogP contribution in [0.1, 0.15) is 40.0 Å². The van der Waals surface area contributed by atoms with Crippen molar-refractivity contribution in [3.05, 3.63) is 40.0 Å². The van der Waals surface area contributed by atoms with Gasteiger partial charge < -0.3 is 9.47 Å². The maximum Gasteiger partial charge on any atom is 0.197 e. The Balaban J connectivity index is 1.48. The molecule has 32 heavy (non-hydrogen) atoms. The Bertz CT molecular complexity index is 1340. The maximum absolute atomic E-state index is 13.0. The van der Waals surface area contributed by atoms with E-state index in [-0.39, 0.29) is 11.5 Å². The number of Topliss-reactive ketones (excluding diaryl/α,β-unsaturated/α-hetero) is 1. The van der Waals surface area contributed by atoms with E-state index < -0.39 is 0 Å². The number of thiophene rings is 1. The molecule has 0 saturated carbocycles. The zero-order valence-corrected chi connectivity index (χ0v) is 20.1. The van der Waals surface area contributed by atoms with Crippen LogP contribution in [0, 0.1) is 12.8 Å². The molecular weight excluding hydrogens is 444 g/mol. The Hall–Kier alpha value is -2.65. The highest BCUT2D eigenvalue weighted by Crippen LogP contribution is 2.39. The summed E-state index contributed by atoms with van der Waals surface area (Å²) in [5.41, 5.74) is 2.71. The highest BCUT2D eigenvalue weighted by molar-refractivity contribution is 7.99. The second kappa shape index (κ2) is 8.37. The number of hydrogen-bond acceptors (Lipinski definition) is 8. The lowest BCUT2D eigenvalue weighted by atomic mass is 9.89. The predicted octanol–water partition coefficient (Wildman–Crippen LogP) is 4.76. The van der Waals surface area contributed by atoms with Crippen LogP contribution in [-0.2, 0) is 12.8 Å². The molecule has 166 valence electrons. The fraction of sp³-hybridized carbons (Fsp3) is 0.391. The van der Waals surface area contributed by atoms with Gasteiger partial charge in [-0.3, -0.25) is 9.20 Å². The molecule has 0 amide bonds. The topological polar surface area (TPSA) is 78.6 Å². The van der Waals surface area contributed by atoms with Gasteiger partial charge >= 0.3 is 0 Å². The fourth-order valence-corrected chi connectivity index (χ4v) is 6.58. The van der Waals surface area contributed by atoms with Gasteiger partial charge in [-0.05, 0) is 55.9 Å². The molecule has 1 atom stereocenters. The van der Waals surface area contributed by atoms with Crippen LogP contribution in [0.3, 0.4) is 0 Å². The van der Waals surface area contributed by atoms with Gasteiger partial charge in [0.05, 0.1) is 30.9 Å². The summed E-state index contributed by atoms with van der Waals surface area (Å²) >= 11 is 3.15. The molecule has 7 nitrogen and oxygen atoms in total. The minimum absolute atomic E-state index is 0.0592. The normalized spacial score (nSPS) is 15.8. The van der Waals surface area contributed by atoms with Gasteiger partial charge in [-0.15, -0.1) is 21.5 Å². The Labute approximate surface area is 194 Å². The van der Waals surface area contributed by atoms with Gasteiger partial charge in [0.1, 0.15) is 22.2 Å². The zero-order valence-electron chi connectivity index (χ0n) is 18.5. The summed E-state index contributed by atoms with van der Waals surface area (Å²) in [5, 5.41) is 10.7. The minimum Gasteiger partial charge on any atom is -0.497 e. The molecule has 3 heterocycles. The first-order valence-electron chi connectivity index (χ1n) is 10.5. The lowest BCUT2D eigenvalue weighted by Crippen LogP contribution is -2.09. The summed E-state index contributed by atoms with van der Waals surface area (Å²) < 4.78 is 12.6. The summed E-state index contributed by atoms with van der Waals surface area (Å²) in [6.07, 6.45) is 3.35. The molecule has 0 radical (unpaired) electrons. The summed E-state index contributed by atoms with van der Waals surface area (Å²) in [5.74, 6) is 2.83. The summed E-state index contributed by atoms with van der Waals surface area (Å²) in [4.78, 5) is 20.3. The number of methoxy groups -OCH3 is 2. The number of ketones is 1. The third kappa shape index (κ3) is 3.53. The van der Waals surface area contributed by atoms with Crippen LogP contribution < -0.4 is 9.47 Å². The number of ether oxygens (including phenoxy) is 2. The van der Waals surface area contributed by atoms with E-state index in [1.54, 1.807) is 43.8 Å². The zero-order chi connectivity index (χ0) is 22.4. The number of carbonyl (C=O) groups is 1. The van der Waals surface area contributed by atoms with Crippen LogP contribution in [0.25, 0.3) is 15.9 Å². The van der Waals surface area contributed by atoms with Crippen molar-refractivity contribution in [1.29, 1.82) is 0 Å². The average Bonchev–Trinajstić information content (AvgIpc) is 3.37. The van der Waals surface area contributed by atoms with Crippen LogP contribution in [0.2, 0.25) is 0 Å². The van der Waals surface area contributed by atoms with Crippen molar-refractivity contribution in [2.75, 3.05) is 20.0 Å². The van der Waals surface area contributed by atoms with Crippen molar-refractivity contribution in [2.45, 2.75) is 38.3 Å². The predicted molar refractivity (Wildman–Crippen MR) is 127 cm³/mol. The average molecular weight is 469 g/mol. The van der Waals surface area contributed by atoms with E-state index in [4.69, 9.17) is 14.5 Å². The number of benzene rings is 1. The van der Waals surface area contributed by atoms with E-state index in [0.29, 0.717) is 28.1 Å². The Morgan fingerprint density at radius 1 is 1.28 bits per heavy atom. The third-order valence-corrected chi connectivity index (χ3v) is 8.05. The number of hydrogen-bond donors (Lipinski definition) is 0. The second-order valence-electron chi connectivity index (χ2n) is 8.11. The largest absolute Gasteiger partial charge is 0.497 e. The lowest BCUT2D eigenvalue weighted by molar-refractivity contribution is 0.101. The summed E-state index contributed by atoms with van der Waals surface area (Å²) in [6.45, 7) is 4.27. The summed E-state index contributed by atoms with van der Waals surface area (Å²) in [6, 6.07) is 5.23. The standard InChI is InChI=1S/C23H24N4O3S2/c1-12-5-7-15-19(9-12)32-22-20(15)21-25-26-23(27(21)13(2)24-22)31-11-17(28)16-10-14(29-3)6-8-18(16)30-4/h6,8,10,12H,5,7,9,11H2,1-4H3/t12-/m0/s1. The third-order valence-electron chi connectivity index (χ3n) is 5.98. The van der Waals surface area contributed by atoms with Crippen LogP contribution in [0.15, 0.2) is 23.4 Å². The van der Waals surface area contributed by atoms with Crippen molar-refractivity contribution in [2.24, 2.45) is 5.92 Å². The van der Waals surface area contributed by atoms with Gasteiger partial charge in [0.15, 0.2) is 16.6 Å². The molecule has 4 aromatic rings. The van der Waals surface area contributed by atoms with Crippen LogP contribution in [0.4, 0.5) is 0 Å². The van der Waals surface area contributed by atoms with Gasteiger partial charge in [-0.1, -0.05) is 18.7 Å². The first-order valence-corrected chi connectivity index (χ1v) is 12.3. The van der Waals surface area contributed by atoms with Crippen LogP contribution in [-0.4, -0.2) is 45.3 Å². The summed E-state index contributed by atoms with van der Waals surface area (Å²) in [7, 11) is 3.13. The van der Waals surface area contributed by atoms with E-state index in [9.17, 15) is 4.79 Å². The number of nitrogens with zero attached hydrogens (tertiary/aromatic N) is 4.